The lowest BCUT2D eigenvalue weighted by Crippen LogP contribution is -2.26. The van der Waals surface area contributed by atoms with Crippen LogP contribution in [0.3, 0.4) is 0 Å². The van der Waals surface area contributed by atoms with Gasteiger partial charge in [-0.2, -0.15) is 5.10 Å². The number of aromatic nitrogens is 3. The van der Waals surface area contributed by atoms with E-state index in [1.54, 1.807) is 29.5 Å². The summed E-state index contributed by atoms with van der Waals surface area (Å²) in [5.74, 6) is -0.123. The average Bonchev–Trinajstić information content (AvgIpc) is 3.42. The number of hydrogen-bond donors (Lipinski definition) is 2. The first-order valence-corrected chi connectivity index (χ1v) is 9.17. The highest BCUT2D eigenvalue weighted by atomic mass is 32.1. The number of amides is 1. The van der Waals surface area contributed by atoms with Crippen LogP contribution < -0.4 is 10.2 Å². The van der Waals surface area contributed by atoms with E-state index in [9.17, 15) is 4.79 Å². The second-order valence-electron chi connectivity index (χ2n) is 6.11. The molecule has 0 radical (unpaired) electrons. The van der Waals surface area contributed by atoms with Gasteiger partial charge in [0, 0.05) is 35.9 Å². The van der Waals surface area contributed by atoms with Crippen LogP contribution in [0.15, 0.2) is 41.9 Å². The Kier molecular flexibility index (Phi) is 4.33. The van der Waals surface area contributed by atoms with E-state index in [1.165, 1.54) is 0 Å². The van der Waals surface area contributed by atoms with Gasteiger partial charge < -0.3 is 10.2 Å². The Morgan fingerprint density at radius 2 is 2.16 bits per heavy atom. The van der Waals surface area contributed by atoms with Gasteiger partial charge in [0.1, 0.15) is 5.01 Å². The number of carbonyl (C=O) groups is 1. The lowest BCUT2D eigenvalue weighted by molar-refractivity contribution is 0.0988. The summed E-state index contributed by atoms with van der Waals surface area (Å²) in [7, 11) is 1.77. The van der Waals surface area contributed by atoms with Crippen molar-refractivity contribution in [2.75, 3.05) is 18.5 Å². The van der Waals surface area contributed by atoms with Gasteiger partial charge in [-0.1, -0.05) is 0 Å². The molecule has 0 spiro atoms. The Hall–Kier alpha value is -2.51. The zero-order valence-electron chi connectivity index (χ0n) is 13.9. The molecule has 25 heavy (non-hydrogen) atoms. The maximum absolute atomic E-state index is 12.7. The van der Waals surface area contributed by atoms with Crippen LogP contribution in [-0.2, 0) is 0 Å². The summed E-state index contributed by atoms with van der Waals surface area (Å²) >= 11 is 1.60. The van der Waals surface area contributed by atoms with Gasteiger partial charge in [0.15, 0.2) is 5.69 Å². The third-order valence-electron chi connectivity index (χ3n) is 4.49. The summed E-state index contributed by atoms with van der Waals surface area (Å²) in [6.07, 6.45) is 4.01. The molecule has 7 heteroatoms. The second-order valence-corrected chi connectivity index (χ2v) is 7.00. The van der Waals surface area contributed by atoms with Crippen LogP contribution in [0, 0.1) is 0 Å². The minimum absolute atomic E-state index is 0.123. The number of rotatable bonds is 4. The fourth-order valence-corrected chi connectivity index (χ4v) is 3.70. The molecule has 128 valence electrons. The minimum Gasteiger partial charge on any atom is -0.310 e. The van der Waals surface area contributed by atoms with E-state index < -0.39 is 0 Å². The molecule has 2 N–H and O–H groups in total. The summed E-state index contributed by atoms with van der Waals surface area (Å²) in [6, 6.07) is 9.96. The molecule has 1 amide bonds. The molecule has 1 aliphatic rings. The Labute approximate surface area is 149 Å². The molecule has 0 aliphatic carbocycles. The number of nitrogens with one attached hydrogen (secondary N) is 2. The summed E-state index contributed by atoms with van der Waals surface area (Å²) in [6.45, 7) is 1.01. The standard InChI is InChI=1S/C18H19N5OS/c1-23(13-6-4-12(5-7-13)17-20-9-10-25-17)18(24)16-11-15(21-22-16)14-3-2-8-19-14/h4-7,9-11,14,19H,2-3,8H2,1H3,(H,21,22). The topological polar surface area (TPSA) is 73.9 Å². The number of hydrogen-bond acceptors (Lipinski definition) is 5. The predicted molar refractivity (Wildman–Crippen MR) is 98.8 cm³/mol. The van der Waals surface area contributed by atoms with Crippen LogP contribution in [0.25, 0.3) is 10.6 Å². The van der Waals surface area contributed by atoms with Crippen LogP contribution in [0.4, 0.5) is 5.69 Å². The molecule has 4 rings (SSSR count). The van der Waals surface area contributed by atoms with Crippen molar-refractivity contribution in [3.63, 3.8) is 0 Å². The molecule has 1 aliphatic heterocycles. The van der Waals surface area contributed by atoms with Crippen molar-refractivity contribution in [1.29, 1.82) is 0 Å². The largest absolute Gasteiger partial charge is 0.310 e. The molecular formula is C18H19N5OS. The number of nitrogens with zero attached hydrogens (tertiary/aromatic N) is 3. The zero-order valence-corrected chi connectivity index (χ0v) is 14.7. The Bertz CT molecular complexity index is 850. The van der Waals surface area contributed by atoms with Gasteiger partial charge in [0.2, 0.25) is 0 Å². The molecule has 6 nitrogen and oxygen atoms in total. The molecule has 3 heterocycles. The molecule has 0 saturated carbocycles. The van der Waals surface area contributed by atoms with E-state index in [0.717, 1.165) is 41.3 Å². The van der Waals surface area contributed by atoms with Crippen molar-refractivity contribution in [2.45, 2.75) is 18.9 Å². The third kappa shape index (κ3) is 3.20. The van der Waals surface area contributed by atoms with E-state index >= 15 is 0 Å². The van der Waals surface area contributed by atoms with Crippen molar-refractivity contribution in [3.8, 4) is 10.6 Å². The Morgan fingerprint density at radius 1 is 1.32 bits per heavy atom. The van der Waals surface area contributed by atoms with Gasteiger partial charge in [0.25, 0.3) is 5.91 Å². The van der Waals surface area contributed by atoms with Gasteiger partial charge in [-0.25, -0.2) is 4.98 Å². The van der Waals surface area contributed by atoms with Crippen molar-refractivity contribution in [3.05, 3.63) is 53.3 Å². The fraction of sp³-hybridized carbons (Fsp3) is 0.278. The van der Waals surface area contributed by atoms with E-state index in [2.05, 4.69) is 20.5 Å². The Balaban J connectivity index is 1.50. The predicted octanol–water partition coefficient (Wildman–Crippen LogP) is 3.23. The van der Waals surface area contributed by atoms with Crippen molar-refractivity contribution in [1.82, 2.24) is 20.5 Å². The van der Waals surface area contributed by atoms with Crippen LogP contribution in [0.2, 0.25) is 0 Å². The number of carbonyl (C=O) groups excluding carboxylic acids is 1. The lowest BCUT2D eigenvalue weighted by Gasteiger charge is -2.16. The van der Waals surface area contributed by atoms with Crippen LogP contribution >= 0.6 is 11.3 Å². The summed E-state index contributed by atoms with van der Waals surface area (Å²) in [5, 5.41) is 13.5. The van der Waals surface area contributed by atoms with Gasteiger partial charge >= 0.3 is 0 Å². The number of benzene rings is 1. The average molecular weight is 353 g/mol. The highest BCUT2D eigenvalue weighted by Gasteiger charge is 2.22. The molecule has 1 fully saturated rings. The minimum atomic E-state index is -0.123. The first kappa shape index (κ1) is 16.0. The number of anilines is 1. The quantitative estimate of drug-likeness (QED) is 0.755. The Morgan fingerprint density at radius 3 is 2.84 bits per heavy atom. The molecule has 1 atom stereocenters. The molecule has 2 aromatic heterocycles. The summed E-state index contributed by atoms with van der Waals surface area (Å²) in [4.78, 5) is 18.6. The number of aromatic amines is 1. The molecule has 1 unspecified atom stereocenters. The van der Waals surface area contributed by atoms with E-state index in [1.807, 2.05) is 35.7 Å². The van der Waals surface area contributed by atoms with E-state index in [4.69, 9.17) is 0 Å². The SMILES string of the molecule is CN(C(=O)c1cc(C2CCCN2)[nH]n1)c1ccc(-c2nccs2)cc1. The fourth-order valence-electron chi connectivity index (χ4n) is 3.06. The number of H-pyrrole nitrogens is 1. The van der Waals surface area contributed by atoms with E-state index in [-0.39, 0.29) is 11.9 Å². The highest BCUT2D eigenvalue weighted by Crippen LogP contribution is 2.26. The maximum Gasteiger partial charge on any atom is 0.278 e. The normalized spacial score (nSPS) is 16.9. The number of thiazole rings is 1. The van der Waals surface area contributed by atoms with Crippen molar-refractivity contribution in [2.24, 2.45) is 0 Å². The molecule has 1 saturated heterocycles. The van der Waals surface area contributed by atoms with Crippen LogP contribution in [-0.4, -0.2) is 34.7 Å². The highest BCUT2D eigenvalue weighted by molar-refractivity contribution is 7.13. The van der Waals surface area contributed by atoms with Crippen molar-refractivity contribution < 1.29 is 4.79 Å². The van der Waals surface area contributed by atoms with Crippen molar-refractivity contribution >= 4 is 22.9 Å². The maximum atomic E-state index is 12.7. The molecular weight excluding hydrogens is 334 g/mol. The second kappa shape index (κ2) is 6.78. The molecule has 3 aromatic rings. The molecule has 0 bridgehead atoms. The van der Waals surface area contributed by atoms with Gasteiger partial charge in [0.05, 0.1) is 5.69 Å². The van der Waals surface area contributed by atoms with Crippen LogP contribution in [0.5, 0.6) is 0 Å². The van der Waals surface area contributed by atoms with E-state index in [0.29, 0.717) is 5.69 Å². The zero-order chi connectivity index (χ0) is 17.2. The van der Waals surface area contributed by atoms with Crippen LogP contribution in [0.1, 0.15) is 35.1 Å². The summed E-state index contributed by atoms with van der Waals surface area (Å²) < 4.78 is 0. The summed E-state index contributed by atoms with van der Waals surface area (Å²) in [5.41, 5.74) is 3.30. The van der Waals surface area contributed by atoms with Gasteiger partial charge in [-0.15, -0.1) is 11.3 Å². The smallest absolute Gasteiger partial charge is 0.278 e. The van der Waals surface area contributed by atoms with Gasteiger partial charge in [-0.3, -0.25) is 9.89 Å². The van der Waals surface area contributed by atoms with Gasteiger partial charge in [-0.05, 0) is 49.7 Å². The first-order valence-electron chi connectivity index (χ1n) is 8.29. The first-order chi connectivity index (χ1) is 12.2. The third-order valence-corrected chi connectivity index (χ3v) is 5.31. The molecule has 1 aromatic carbocycles. The monoisotopic (exact) mass is 353 g/mol. The lowest BCUT2D eigenvalue weighted by atomic mass is 10.1.